The summed E-state index contributed by atoms with van der Waals surface area (Å²) in [6, 6.07) is 2.09. The number of likely N-dealkylation sites (tertiary alicyclic amines) is 1. The van der Waals surface area contributed by atoms with E-state index in [-0.39, 0.29) is 24.4 Å². The van der Waals surface area contributed by atoms with Crippen molar-refractivity contribution in [3.05, 3.63) is 0 Å². The van der Waals surface area contributed by atoms with E-state index in [9.17, 15) is 9.18 Å². The fourth-order valence-electron chi connectivity index (χ4n) is 2.20. The number of hydrogen-bond donors (Lipinski definition) is 0. The Morgan fingerprint density at radius 2 is 2.27 bits per heavy atom. The first-order valence-corrected chi connectivity index (χ1v) is 5.39. The molecule has 2 aliphatic rings. The van der Waals surface area contributed by atoms with E-state index in [0.717, 1.165) is 0 Å². The molecule has 4 heteroatoms. The molecule has 1 heterocycles. The van der Waals surface area contributed by atoms with E-state index >= 15 is 0 Å². The van der Waals surface area contributed by atoms with Crippen LogP contribution in [0.15, 0.2) is 0 Å². The number of hydrogen-bond acceptors (Lipinski definition) is 2. The zero-order valence-electron chi connectivity index (χ0n) is 8.87. The highest BCUT2D eigenvalue weighted by atomic mass is 19.1. The van der Waals surface area contributed by atoms with E-state index in [1.165, 1.54) is 0 Å². The van der Waals surface area contributed by atoms with E-state index in [1.807, 2.05) is 6.92 Å². The number of alkyl halides is 1. The van der Waals surface area contributed by atoms with Gasteiger partial charge in [0.05, 0.1) is 12.7 Å². The predicted octanol–water partition coefficient (Wildman–Crippen LogP) is 1.35. The fourth-order valence-corrected chi connectivity index (χ4v) is 2.20. The topological polar surface area (TPSA) is 44.1 Å². The molecule has 1 aliphatic carbocycles. The van der Waals surface area contributed by atoms with Gasteiger partial charge in [-0.3, -0.25) is 9.18 Å². The summed E-state index contributed by atoms with van der Waals surface area (Å²) in [6.45, 7) is 2.69. The Labute approximate surface area is 88.9 Å². The van der Waals surface area contributed by atoms with Gasteiger partial charge >= 0.3 is 0 Å². The van der Waals surface area contributed by atoms with Crippen molar-refractivity contribution in [1.29, 1.82) is 5.26 Å². The Kier molecular flexibility index (Phi) is 2.41. The normalized spacial score (nSPS) is 32.5. The lowest BCUT2D eigenvalue weighted by molar-refractivity contribution is -0.134. The fraction of sp³-hybridized carbons (Fsp3) is 0.818. The van der Waals surface area contributed by atoms with Crippen molar-refractivity contribution in [1.82, 2.24) is 4.90 Å². The number of rotatable bonds is 2. The van der Waals surface area contributed by atoms with Gasteiger partial charge in [0.25, 0.3) is 0 Å². The predicted molar refractivity (Wildman–Crippen MR) is 52.5 cm³/mol. The zero-order chi connectivity index (χ0) is 11.1. The average Bonchev–Trinajstić information content (AvgIpc) is 2.96. The maximum atomic E-state index is 12.6. The summed E-state index contributed by atoms with van der Waals surface area (Å²) in [7, 11) is 0. The smallest absolute Gasteiger partial charge is 0.243 e. The molecule has 0 bridgehead atoms. The van der Waals surface area contributed by atoms with Crippen LogP contribution in [0.2, 0.25) is 0 Å². The van der Waals surface area contributed by atoms with E-state index in [0.29, 0.717) is 25.9 Å². The molecule has 15 heavy (non-hydrogen) atoms. The van der Waals surface area contributed by atoms with Crippen LogP contribution in [0.3, 0.4) is 0 Å². The maximum Gasteiger partial charge on any atom is 0.243 e. The van der Waals surface area contributed by atoms with Gasteiger partial charge in [0.1, 0.15) is 5.41 Å². The van der Waals surface area contributed by atoms with Crippen LogP contribution in [0.4, 0.5) is 4.39 Å². The SMILES string of the molecule is CC1CN(C(=O)C2(C#N)CC2)CC1CF. The molecule has 1 aliphatic heterocycles. The highest BCUT2D eigenvalue weighted by Crippen LogP contribution is 2.47. The molecular weight excluding hydrogens is 195 g/mol. The van der Waals surface area contributed by atoms with E-state index in [1.54, 1.807) is 4.90 Å². The second-order valence-corrected chi connectivity index (χ2v) is 4.80. The Balaban J connectivity index is 2.02. The lowest BCUT2D eigenvalue weighted by Crippen LogP contribution is -2.35. The van der Waals surface area contributed by atoms with Crippen molar-refractivity contribution in [3.63, 3.8) is 0 Å². The molecule has 1 amide bonds. The molecule has 0 spiro atoms. The van der Waals surface area contributed by atoms with Gasteiger partial charge in [-0.25, -0.2) is 0 Å². The molecule has 1 saturated carbocycles. The summed E-state index contributed by atoms with van der Waals surface area (Å²) < 4.78 is 12.6. The Morgan fingerprint density at radius 1 is 1.60 bits per heavy atom. The molecule has 82 valence electrons. The summed E-state index contributed by atoms with van der Waals surface area (Å²) in [5, 5.41) is 8.90. The number of carbonyl (C=O) groups is 1. The molecule has 0 radical (unpaired) electrons. The van der Waals surface area contributed by atoms with Crippen molar-refractivity contribution < 1.29 is 9.18 Å². The lowest BCUT2D eigenvalue weighted by atomic mass is 10.0. The summed E-state index contributed by atoms with van der Waals surface area (Å²) in [5.41, 5.74) is -0.745. The first-order valence-electron chi connectivity index (χ1n) is 5.39. The number of carbonyl (C=O) groups excluding carboxylic acids is 1. The standard InChI is InChI=1S/C11H15FN2O/c1-8-5-14(6-9(8)4-12)10(15)11(7-13)2-3-11/h8-9H,2-6H2,1H3. The van der Waals surface area contributed by atoms with Crippen LogP contribution in [0.5, 0.6) is 0 Å². The quantitative estimate of drug-likeness (QED) is 0.690. The van der Waals surface area contributed by atoms with Crippen molar-refractivity contribution in [2.45, 2.75) is 19.8 Å². The van der Waals surface area contributed by atoms with Gasteiger partial charge in [-0.2, -0.15) is 5.26 Å². The van der Waals surface area contributed by atoms with Crippen molar-refractivity contribution in [2.75, 3.05) is 19.8 Å². The molecule has 2 atom stereocenters. The van der Waals surface area contributed by atoms with Gasteiger partial charge in [0.2, 0.25) is 5.91 Å². The van der Waals surface area contributed by atoms with Crippen molar-refractivity contribution in [3.8, 4) is 6.07 Å². The summed E-state index contributed by atoms with van der Waals surface area (Å²) >= 11 is 0. The highest BCUT2D eigenvalue weighted by Gasteiger charge is 2.53. The molecule has 0 aromatic rings. The lowest BCUT2D eigenvalue weighted by Gasteiger charge is -2.18. The van der Waals surface area contributed by atoms with Crippen LogP contribution in [0, 0.1) is 28.6 Å². The molecule has 0 aromatic carbocycles. The van der Waals surface area contributed by atoms with Gasteiger partial charge in [-0.15, -0.1) is 0 Å². The molecular formula is C11H15FN2O. The highest BCUT2D eigenvalue weighted by molar-refractivity contribution is 5.88. The molecule has 3 nitrogen and oxygen atoms in total. The minimum Gasteiger partial charge on any atom is -0.341 e. The number of amides is 1. The van der Waals surface area contributed by atoms with E-state index in [2.05, 4.69) is 6.07 Å². The van der Waals surface area contributed by atoms with Crippen LogP contribution < -0.4 is 0 Å². The largest absolute Gasteiger partial charge is 0.341 e. The average molecular weight is 210 g/mol. The van der Waals surface area contributed by atoms with E-state index < -0.39 is 5.41 Å². The van der Waals surface area contributed by atoms with Crippen molar-refractivity contribution >= 4 is 5.91 Å². The number of nitrogens with zero attached hydrogens (tertiary/aromatic N) is 2. The minimum atomic E-state index is -0.745. The summed E-state index contributed by atoms with van der Waals surface area (Å²) in [6.07, 6.45) is 1.35. The van der Waals surface area contributed by atoms with Gasteiger partial charge in [0.15, 0.2) is 0 Å². The third kappa shape index (κ3) is 1.60. The number of halogens is 1. The van der Waals surface area contributed by atoms with Crippen LogP contribution in [-0.4, -0.2) is 30.6 Å². The van der Waals surface area contributed by atoms with Gasteiger partial charge in [0, 0.05) is 19.0 Å². The Bertz CT molecular complexity index is 319. The summed E-state index contributed by atoms with van der Waals surface area (Å²) in [5.74, 6) is 0.102. The third-order valence-corrected chi connectivity index (χ3v) is 3.63. The van der Waals surface area contributed by atoms with Crippen LogP contribution in [-0.2, 0) is 4.79 Å². The van der Waals surface area contributed by atoms with Crippen LogP contribution in [0.1, 0.15) is 19.8 Å². The van der Waals surface area contributed by atoms with Crippen molar-refractivity contribution in [2.24, 2.45) is 17.3 Å². The molecule has 0 aromatic heterocycles. The molecule has 2 unspecified atom stereocenters. The van der Waals surface area contributed by atoms with Gasteiger partial charge < -0.3 is 4.90 Å². The molecule has 1 saturated heterocycles. The first kappa shape index (κ1) is 10.4. The monoisotopic (exact) mass is 210 g/mol. The number of nitriles is 1. The molecule has 0 N–H and O–H groups in total. The summed E-state index contributed by atoms with van der Waals surface area (Å²) in [4.78, 5) is 13.6. The molecule has 2 rings (SSSR count). The van der Waals surface area contributed by atoms with Gasteiger partial charge in [-0.1, -0.05) is 6.92 Å². The van der Waals surface area contributed by atoms with Crippen LogP contribution in [0.25, 0.3) is 0 Å². The molecule has 2 fully saturated rings. The maximum absolute atomic E-state index is 12.6. The third-order valence-electron chi connectivity index (χ3n) is 3.63. The Morgan fingerprint density at radius 3 is 2.67 bits per heavy atom. The zero-order valence-corrected chi connectivity index (χ0v) is 8.87. The Hall–Kier alpha value is -1.11. The second kappa shape index (κ2) is 3.48. The van der Waals surface area contributed by atoms with Gasteiger partial charge in [-0.05, 0) is 18.8 Å². The first-order chi connectivity index (χ1) is 7.13. The van der Waals surface area contributed by atoms with Crippen LogP contribution >= 0.6 is 0 Å². The van der Waals surface area contributed by atoms with E-state index in [4.69, 9.17) is 5.26 Å². The minimum absolute atomic E-state index is 0.0385. The second-order valence-electron chi connectivity index (χ2n) is 4.80.